The highest BCUT2D eigenvalue weighted by molar-refractivity contribution is 7.13. The minimum absolute atomic E-state index is 0.0149. The van der Waals surface area contributed by atoms with Crippen LogP contribution < -0.4 is 0 Å². The van der Waals surface area contributed by atoms with Gasteiger partial charge in [0.2, 0.25) is 0 Å². The van der Waals surface area contributed by atoms with Crippen LogP contribution in [0.15, 0.2) is 23.7 Å². The number of halogens is 3. The SMILES string of the molecule is Fc1cc(F)c(-c2nccs2)cc1F. The molecule has 1 nitrogen and oxygen atoms in total. The molecule has 1 aromatic carbocycles. The zero-order chi connectivity index (χ0) is 10.1. The van der Waals surface area contributed by atoms with E-state index in [1.165, 1.54) is 6.20 Å². The third-order valence-corrected chi connectivity index (χ3v) is 2.48. The van der Waals surface area contributed by atoms with Crippen LogP contribution in [0.1, 0.15) is 0 Å². The molecule has 0 fully saturated rings. The van der Waals surface area contributed by atoms with E-state index in [0.717, 1.165) is 17.4 Å². The molecule has 0 bridgehead atoms. The molecule has 0 aliphatic heterocycles. The van der Waals surface area contributed by atoms with Crippen molar-refractivity contribution in [3.63, 3.8) is 0 Å². The normalized spacial score (nSPS) is 10.5. The van der Waals surface area contributed by atoms with Crippen LogP contribution in [0.25, 0.3) is 10.6 Å². The summed E-state index contributed by atoms with van der Waals surface area (Å²) in [4.78, 5) is 3.81. The number of benzene rings is 1. The number of aromatic nitrogens is 1. The van der Waals surface area contributed by atoms with Crippen molar-refractivity contribution in [1.82, 2.24) is 4.98 Å². The lowest BCUT2D eigenvalue weighted by molar-refractivity contribution is 0.496. The summed E-state index contributed by atoms with van der Waals surface area (Å²) in [5.41, 5.74) is -0.0149. The van der Waals surface area contributed by atoms with E-state index in [1.54, 1.807) is 5.38 Å². The Hall–Kier alpha value is -1.36. The molecule has 2 rings (SSSR count). The van der Waals surface area contributed by atoms with Crippen molar-refractivity contribution in [2.75, 3.05) is 0 Å². The van der Waals surface area contributed by atoms with Gasteiger partial charge in [-0.15, -0.1) is 11.3 Å². The molecule has 0 radical (unpaired) electrons. The topological polar surface area (TPSA) is 12.9 Å². The molecule has 14 heavy (non-hydrogen) atoms. The first-order chi connectivity index (χ1) is 6.68. The van der Waals surface area contributed by atoms with Gasteiger partial charge in [-0.1, -0.05) is 0 Å². The van der Waals surface area contributed by atoms with E-state index in [0.29, 0.717) is 11.1 Å². The number of rotatable bonds is 1. The Morgan fingerprint density at radius 3 is 2.36 bits per heavy atom. The molecule has 0 saturated heterocycles. The lowest BCUT2D eigenvalue weighted by atomic mass is 10.2. The summed E-state index contributed by atoms with van der Waals surface area (Å²) in [7, 11) is 0. The monoisotopic (exact) mass is 215 g/mol. The average Bonchev–Trinajstić information content (AvgIpc) is 2.64. The van der Waals surface area contributed by atoms with Crippen LogP contribution in [0, 0.1) is 17.5 Å². The predicted molar refractivity (Wildman–Crippen MR) is 47.4 cm³/mol. The fourth-order valence-corrected chi connectivity index (χ4v) is 1.70. The summed E-state index contributed by atoms with van der Waals surface area (Å²) < 4.78 is 38.5. The Morgan fingerprint density at radius 2 is 1.71 bits per heavy atom. The van der Waals surface area contributed by atoms with E-state index < -0.39 is 17.5 Å². The third-order valence-electron chi connectivity index (χ3n) is 1.67. The molecule has 0 aliphatic rings. The van der Waals surface area contributed by atoms with Gasteiger partial charge in [-0.2, -0.15) is 0 Å². The van der Waals surface area contributed by atoms with Gasteiger partial charge in [-0.25, -0.2) is 18.2 Å². The van der Waals surface area contributed by atoms with Crippen molar-refractivity contribution in [2.24, 2.45) is 0 Å². The molecule has 0 N–H and O–H groups in total. The van der Waals surface area contributed by atoms with Gasteiger partial charge in [0.15, 0.2) is 11.6 Å². The number of hydrogen-bond acceptors (Lipinski definition) is 2. The second-order valence-electron chi connectivity index (χ2n) is 2.58. The number of nitrogens with zero attached hydrogens (tertiary/aromatic N) is 1. The van der Waals surface area contributed by atoms with Crippen molar-refractivity contribution < 1.29 is 13.2 Å². The first-order valence-electron chi connectivity index (χ1n) is 3.73. The number of hydrogen-bond donors (Lipinski definition) is 0. The molecule has 72 valence electrons. The molecule has 0 aliphatic carbocycles. The molecular weight excluding hydrogens is 211 g/mol. The molecule has 0 spiro atoms. The third kappa shape index (κ3) is 1.50. The van der Waals surface area contributed by atoms with Crippen LogP contribution in [0.4, 0.5) is 13.2 Å². The van der Waals surface area contributed by atoms with Crippen LogP contribution in [0.5, 0.6) is 0 Å². The van der Waals surface area contributed by atoms with E-state index in [4.69, 9.17) is 0 Å². The Morgan fingerprint density at radius 1 is 1.00 bits per heavy atom. The van der Waals surface area contributed by atoms with Crippen LogP contribution in [-0.4, -0.2) is 4.98 Å². The molecule has 1 aromatic heterocycles. The van der Waals surface area contributed by atoms with Crippen molar-refractivity contribution in [3.8, 4) is 10.6 Å². The summed E-state index contributed by atoms with van der Waals surface area (Å²) in [5, 5.41) is 1.97. The minimum atomic E-state index is -1.19. The van der Waals surface area contributed by atoms with Gasteiger partial charge in [-0.05, 0) is 6.07 Å². The summed E-state index contributed by atoms with van der Waals surface area (Å²) in [6.07, 6.45) is 1.47. The molecule has 0 amide bonds. The van der Waals surface area contributed by atoms with E-state index >= 15 is 0 Å². The Balaban J connectivity index is 2.60. The molecule has 0 unspecified atom stereocenters. The molecule has 0 atom stereocenters. The standard InChI is InChI=1S/C9H4F3NS/c10-6-4-8(12)7(11)3-5(6)9-13-1-2-14-9/h1-4H. The second-order valence-corrected chi connectivity index (χ2v) is 3.48. The summed E-state index contributed by atoms with van der Waals surface area (Å²) in [6.45, 7) is 0. The van der Waals surface area contributed by atoms with Crippen molar-refractivity contribution in [3.05, 3.63) is 41.2 Å². The maximum Gasteiger partial charge on any atom is 0.161 e. The van der Waals surface area contributed by atoms with Crippen LogP contribution in [0.3, 0.4) is 0 Å². The maximum absolute atomic E-state index is 13.2. The van der Waals surface area contributed by atoms with Gasteiger partial charge >= 0.3 is 0 Å². The van der Waals surface area contributed by atoms with Gasteiger partial charge in [0.25, 0.3) is 0 Å². The first kappa shape index (κ1) is 9.21. The Bertz CT molecular complexity index is 453. The average molecular weight is 215 g/mol. The van der Waals surface area contributed by atoms with Crippen LogP contribution in [0.2, 0.25) is 0 Å². The fourth-order valence-electron chi connectivity index (χ4n) is 1.04. The quantitative estimate of drug-likeness (QED) is 0.665. The predicted octanol–water partition coefficient (Wildman–Crippen LogP) is 3.23. The number of thiazole rings is 1. The van der Waals surface area contributed by atoms with Crippen molar-refractivity contribution >= 4 is 11.3 Å². The first-order valence-corrected chi connectivity index (χ1v) is 4.61. The van der Waals surface area contributed by atoms with E-state index in [2.05, 4.69) is 4.98 Å². The zero-order valence-electron chi connectivity index (χ0n) is 6.80. The van der Waals surface area contributed by atoms with Gasteiger partial charge in [0, 0.05) is 23.2 Å². The highest BCUT2D eigenvalue weighted by atomic mass is 32.1. The maximum atomic E-state index is 13.2. The van der Waals surface area contributed by atoms with Gasteiger partial charge in [0.05, 0.1) is 0 Å². The summed E-state index contributed by atoms with van der Waals surface area (Å²) in [5.74, 6) is -3.07. The second kappa shape index (κ2) is 3.42. The van der Waals surface area contributed by atoms with E-state index in [1.807, 2.05) is 0 Å². The molecule has 2 aromatic rings. The lowest BCUT2D eigenvalue weighted by Crippen LogP contribution is -1.90. The molecular formula is C9H4F3NS. The van der Waals surface area contributed by atoms with E-state index in [-0.39, 0.29) is 5.56 Å². The van der Waals surface area contributed by atoms with E-state index in [9.17, 15) is 13.2 Å². The Kier molecular flexibility index (Phi) is 2.25. The minimum Gasteiger partial charge on any atom is -0.244 e. The Labute approximate surface area is 81.8 Å². The van der Waals surface area contributed by atoms with Gasteiger partial charge in [-0.3, -0.25) is 0 Å². The van der Waals surface area contributed by atoms with Crippen molar-refractivity contribution in [1.29, 1.82) is 0 Å². The highest BCUT2D eigenvalue weighted by Gasteiger charge is 2.12. The fraction of sp³-hybridized carbons (Fsp3) is 0. The lowest BCUT2D eigenvalue weighted by Gasteiger charge is -1.99. The summed E-state index contributed by atoms with van der Waals surface area (Å²) >= 11 is 1.16. The van der Waals surface area contributed by atoms with Crippen molar-refractivity contribution in [2.45, 2.75) is 0 Å². The molecule has 5 heteroatoms. The largest absolute Gasteiger partial charge is 0.244 e. The molecule has 1 heterocycles. The van der Waals surface area contributed by atoms with Crippen LogP contribution >= 0.6 is 11.3 Å². The molecule has 0 saturated carbocycles. The smallest absolute Gasteiger partial charge is 0.161 e. The highest BCUT2D eigenvalue weighted by Crippen LogP contribution is 2.26. The van der Waals surface area contributed by atoms with Crippen LogP contribution in [-0.2, 0) is 0 Å². The van der Waals surface area contributed by atoms with Gasteiger partial charge < -0.3 is 0 Å². The zero-order valence-corrected chi connectivity index (χ0v) is 7.62. The van der Waals surface area contributed by atoms with Gasteiger partial charge in [0.1, 0.15) is 10.8 Å². The summed E-state index contributed by atoms with van der Waals surface area (Å²) in [6, 6.07) is 1.33.